The van der Waals surface area contributed by atoms with Crippen molar-refractivity contribution in [1.82, 2.24) is 30.4 Å². The molecule has 0 aliphatic carbocycles. The molecule has 1 aromatic heterocycles. The van der Waals surface area contributed by atoms with Gasteiger partial charge < -0.3 is 34.9 Å². The molecule has 6 rings (SSSR count). The summed E-state index contributed by atoms with van der Waals surface area (Å²) in [6, 6.07) is 15.1. The molecule has 3 aliphatic heterocycles. The summed E-state index contributed by atoms with van der Waals surface area (Å²) in [5, 5.41) is 5.41. The molecule has 4 heterocycles. The van der Waals surface area contributed by atoms with E-state index in [1.54, 1.807) is 11.8 Å². The minimum atomic E-state index is -0.684. The molecule has 1 unspecified atom stereocenters. The molecule has 2 fully saturated rings. The van der Waals surface area contributed by atoms with Gasteiger partial charge in [0.1, 0.15) is 17.9 Å². The quantitative estimate of drug-likeness (QED) is 0.181. The highest BCUT2D eigenvalue weighted by Crippen LogP contribution is 2.36. The maximum absolute atomic E-state index is 13.6. The first-order valence-electron chi connectivity index (χ1n) is 19.0. The Labute approximate surface area is 326 Å². The first-order chi connectivity index (χ1) is 26.5. The van der Waals surface area contributed by atoms with Crippen molar-refractivity contribution in [3.05, 3.63) is 72.3 Å². The zero-order valence-corrected chi connectivity index (χ0v) is 33.2. The normalized spacial score (nSPS) is 19.3. The molecule has 3 aliphatic rings. The van der Waals surface area contributed by atoms with Crippen LogP contribution >= 0.6 is 11.8 Å². The number of likely N-dealkylation sites (tertiary alicyclic amines) is 2. The van der Waals surface area contributed by atoms with E-state index in [-0.39, 0.29) is 35.7 Å². The zero-order valence-electron chi connectivity index (χ0n) is 32.3. The molecule has 0 saturated carbocycles. The number of aliphatic imine (C=N–C) groups is 1. The molecule has 0 bridgehead atoms. The predicted molar refractivity (Wildman–Crippen MR) is 211 cm³/mol. The van der Waals surface area contributed by atoms with Crippen LogP contribution in [0.1, 0.15) is 77.2 Å². The largest absolute Gasteiger partial charge is 0.453 e. The van der Waals surface area contributed by atoms with Gasteiger partial charge in [-0.2, -0.15) is 0 Å². The maximum Gasteiger partial charge on any atom is 0.407 e. The number of nitrogens with one attached hydrogen (secondary N) is 3. The average Bonchev–Trinajstić information content (AvgIpc) is 4.02. The van der Waals surface area contributed by atoms with Gasteiger partial charge in [0, 0.05) is 41.2 Å². The van der Waals surface area contributed by atoms with Crippen molar-refractivity contribution < 1.29 is 28.7 Å². The van der Waals surface area contributed by atoms with E-state index in [2.05, 4.69) is 69.1 Å². The minimum Gasteiger partial charge on any atom is -0.453 e. The van der Waals surface area contributed by atoms with Crippen LogP contribution in [-0.4, -0.2) is 94.9 Å². The van der Waals surface area contributed by atoms with Crippen LogP contribution in [0, 0.1) is 11.8 Å². The second-order valence-electron chi connectivity index (χ2n) is 14.9. The number of aromatic amines is 1. The van der Waals surface area contributed by atoms with E-state index < -0.39 is 24.3 Å². The molecule has 3 aromatic rings. The Bertz CT molecular complexity index is 1940. The number of carbonyl (C=O) groups is 4. The Morgan fingerprint density at radius 2 is 1.40 bits per heavy atom. The molecule has 13 nitrogen and oxygen atoms in total. The van der Waals surface area contributed by atoms with Crippen LogP contribution in [0.4, 0.5) is 9.59 Å². The Balaban J connectivity index is 1.07. The Kier molecular flexibility index (Phi) is 12.6. The highest BCUT2D eigenvalue weighted by Gasteiger charge is 2.39. The molecular formula is C41H51N7O6S. The van der Waals surface area contributed by atoms with E-state index in [4.69, 9.17) is 14.5 Å². The fourth-order valence-electron chi connectivity index (χ4n) is 7.53. The number of benzene rings is 2. The summed E-state index contributed by atoms with van der Waals surface area (Å²) >= 11 is 1.68. The predicted octanol–water partition coefficient (Wildman–Crippen LogP) is 6.83. The summed E-state index contributed by atoms with van der Waals surface area (Å²) in [6.07, 6.45) is 6.52. The minimum absolute atomic E-state index is 0.0868. The van der Waals surface area contributed by atoms with Crippen molar-refractivity contribution >= 4 is 47.0 Å². The number of allylic oxidation sites excluding steroid dienone is 1. The van der Waals surface area contributed by atoms with Crippen LogP contribution in [0.15, 0.2) is 75.7 Å². The topological polar surface area (TPSA) is 158 Å². The van der Waals surface area contributed by atoms with Crippen LogP contribution in [0.3, 0.4) is 0 Å². The van der Waals surface area contributed by atoms with Gasteiger partial charge in [0.25, 0.3) is 0 Å². The van der Waals surface area contributed by atoms with Gasteiger partial charge in [-0.3, -0.25) is 14.6 Å². The summed E-state index contributed by atoms with van der Waals surface area (Å²) in [5.41, 5.74) is 5.03. The number of hydrogen-bond donors (Lipinski definition) is 3. The van der Waals surface area contributed by atoms with Crippen LogP contribution in [0.2, 0.25) is 0 Å². The highest BCUT2D eigenvalue weighted by atomic mass is 32.2. The Morgan fingerprint density at radius 3 is 2.00 bits per heavy atom. The van der Waals surface area contributed by atoms with E-state index in [9.17, 15) is 19.2 Å². The van der Waals surface area contributed by atoms with Crippen molar-refractivity contribution in [2.45, 2.75) is 93.8 Å². The number of rotatable bonds is 12. The number of imidazole rings is 1. The summed E-state index contributed by atoms with van der Waals surface area (Å²) in [6.45, 7) is 8.87. The maximum atomic E-state index is 13.6. The standard InChI is InChI=1S/C41H51N7O6S/c1-24(2)35(45-40(51)53-5)38(49)47-18-8-12-33(47)31-21-28(22-42-31)27-10-7-11-30(20-27)55-29-16-14-26(15-17-29)32-23-43-37(44-32)34-13-9-19-48(34)39(50)36(25(3)4)46-41(52)54-6/h7,10-11,14-17,20,22-25,33-36H,8-9,12-13,18-19,21H2,1-6H3,(H,43,44)(H,45,51)(H,46,52)/t33?,34-,35-,36-/m0/s1. The third-order valence-electron chi connectivity index (χ3n) is 10.5. The monoisotopic (exact) mass is 769 g/mol. The lowest BCUT2D eigenvalue weighted by Gasteiger charge is -2.31. The van der Waals surface area contributed by atoms with E-state index in [1.807, 2.05) is 49.9 Å². The van der Waals surface area contributed by atoms with Crippen molar-refractivity contribution in [2.75, 3.05) is 27.3 Å². The van der Waals surface area contributed by atoms with Crippen LogP contribution in [0.5, 0.6) is 0 Å². The number of aromatic nitrogens is 2. The average molecular weight is 770 g/mol. The van der Waals surface area contributed by atoms with Crippen molar-refractivity contribution in [3.8, 4) is 11.3 Å². The fourth-order valence-corrected chi connectivity index (χ4v) is 8.40. The van der Waals surface area contributed by atoms with Gasteiger partial charge in [-0.1, -0.05) is 63.7 Å². The Hall–Kier alpha value is -5.11. The number of ether oxygens (including phenoxy) is 2. The number of alkyl carbamates (subject to hydrolysis) is 2. The number of methoxy groups -OCH3 is 2. The zero-order chi connectivity index (χ0) is 39.2. The summed E-state index contributed by atoms with van der Waals surface area (Å²) in [5.74, 6) is 0.302. The lowest BCUT2D eigenvalue weighted by molar-refractivity contribution is -0.135. The first kappa shape index (κ1) is 39.6. The summed E-state index contributed by atoms with van der Waals surface area (Å²) in [7, 11) is 2.59. The fraction of sp³-hybridized carbons (Fsp3) is 0.463. The van der Waals surface area contributed by atoms with Crippen molar-refractivity contribution in [1.29, 1.82) is 0 Å². The van der Waals surface area contributed by atoms with Crippen LogP contribution in [0.25, 0.3) is 16.8 Å². The molecule has 4 amide bonds. The van der Waals surface area contributed by atoms with Gasteiger partial charge in [0.2, 0.25) is 11.8 Å². The van der Waals surface area contributed by atoms with Gasteiger partial charge in [-0.25, -0.2) is 14.6 Å². The third-order valence-corrected chi connectivity index (χ3v) is 11.5. The second kappa shape index (κ2) is 17.6. The molecule has 2 saturated heterocycles. The summed E-state index contributed by atoms with van der Waals surface area (Å²) < 4.78 is 9.53. The van der Waals surface area contributed by atoms with Gasteiger partial charge >= 0.3 is 12.2 Å². The highest BCUT2D eigenvalue weighted by molar-refractivity contribution is 7.99. The van der Waals surface area contributed by atoms with Gasteiger partial charge in [0.15, 0.2) is 0 Å². The molecular weight excluding hydrogens is 719 g/mol. The van der Waals surface area contributed by atoms with Crippen molar-refractivity contribution in [3.63, 3.8) is 0 Å². The molecule has 55 heavy (non-hydrogen) atoms. The van der Waals surface area contributed by atoms with E-state index in [0.29, 0.717) is 19.5 Å². The van der Waals surface area contributed by atoms with Crippen LogP contribution in [-0.2, 0) is 19.1 Å². The molecule has 0 spiro atoms. The lowest BCUT2D eigenvalue weighted by atomic mass is 9.97. The Morgan fingerprint density at radius 1 is 0.800 bits per heavy atom. The molecule has 0 radical (unpaired) electrons. The first-order valence-corrected chi connectivity index (χ1v) is 19.8. The van der Waals surface area contributed by atoms with Crippen molar-refractivity contribution in [2.24, 2.45) is 16.8 Å². The van der Waals surface area contributed by atoms with Gasteiger partial charge in [-0.05, 0) is 78.5 Å². The van der Waals surface area contributed by atoms with E-state index in [0.717, 1.165) is 69.4 Å². The van der Waals surface area contributed by atoms with Gasteiger partial charge in [0.05, 0.1) is 38.2 Å². The summed E-state index contributed by atoms with van der Waals surface area (Å²) in [4.78, 5) is 69.8. The van der Waals surface area contributed by atoms with Crippen LogP contribution < -0.4 is 10.6 Å². The SMILES string of the molecule is COC(=O)N[C@H](C(=O)N1CCCC1C1=NC=C(c2cccc(Sc3ccc(-c4cnc([C@@H]5CCCN5C(=O)[C@@H](NC(=O)OC)C(C)C)[nH]4)cc3)c2)C1)C(C)C. The number of H-pyrrole nitrogens is 1. The van der Waals surface area contributed by atoms with E-state index >= 15 is 0 Å². The van der Waals surface area contributed by atoms with E-state index in [1.165, 1.54) is 14.2 Å². The molecule has 4 atom stereocenters. The molecule has 3 N–H and O–H groups in total. The molecule has 14 heteroatoms. The molecule has 292 valence electrons. The molecule has 2 aromatic carbocycles. The number of nitrogens with zero attached hydrogens (tertiary/aromatic N) is 4. The third kappa shape index (κ3) is 9.07. The smallest absolute Gasteiger partial charge is 0.407 e. The number of amides is 4. The van der Waals surface area contributed by atoms with Gasteiger partial charge in [-0.15, -0.1) is 0 Å². The lowest BCUT2D eigenvalue weighted by Crippen LogP contribution is -2.53. The number of carbonyl (C=O) groups excluding carboxylic acids is 4. The second-order valence-corrected chi connectivity index (χ2v) is 16.0. The number of hydrogen-bond acceptors (Lipinski definition) is 9.